The van der Waals surface area contributed by atoms with Crippen LogP contribution in [0, 0.1) is 0 Å². The molecule has 4 heterocycles. The van der Waals surface area contributed by atoms with E-state index < -0.39 is 31.1 Å². The first kappa shape index (κ1) is 16.6. The second-order valence-corrected chi connectivity index (χ2v) is 5.77. The van der Waals surface area contributed by atoms with Gasteiger partial charge in [0, 0.05) is 6.20 Å². The van der Waals surface area contributed by atoms with Gasteiger partial charge in [-0.25, -0.2) is 15.0 Å². The second kappa shape index (κ2) is 6.80. The monoisotopic (exact) mass is 359 g/mol. The van der Waals surface area contributed by atoms with E-state index in [1.807, 2.05) is 12.1 Å². The zero-order chi connectivity index (χ0) is 18.1. The minimum atomic E-state index is -1.22. The van der Waals surface area contributed by atoms with Gasteiger partial charge in [0.05, 0.1) is 24.8 Å². The van der Waals surface area contributed by atoms with Gasteiger partial charge in [0.25, 0.3) is 0 Å². The molecule has 0 bridgehead atoms. The lowest BCUT2D eigenvalue weighted by Crippen LogP contribution is -2.33. The van der Waals surface area contributed by atoms with Crippen LogP contribution in [0.15, 0.2) is 36.1 Å². The van der Waals surface area contributed by atoms with Gasteiger partial charge in [-0.1, -0.05) is 0 Å². The highest BCUT2D eigenvalue weighted by atomic mass is 16.6. The summed E-state index contributed by atoms with van der Waals surface area (Å²) in [6.07, 6.45) is 1.92. The van der Waals surface area contributed by atoms with E-state index in [4.69, 9.17) is 4.74 Å². The number of rotatable bonds is 5. The zero-order valence-electron chi connectivity index (χ0n) is 13.5. The predicted molar refractivity (Wildman–Crippen MR) is 90.3 cm³/mol. The molecule has 1 saturated heterocycles. The summed E-state index contributed by atoms with van der Waals surface area (Å²) in [5.41, 5.74) is 4.44. The minimum absolute atomic E-state index is 0.378. The van der Waals surface area contributed by atoms with Gasteiger partial charge in [-0.2, -0.15) is 5.10 Å². The molecule has 1 fully saturated rings. The van der Waals surface area contributed by atoms with Gasteiger partial charge in [0.2, 0.25) is 0 Å². The number of imidazole rings is 1. The number of fused-ring (bicyclic) bond motifs is 1. The maximum absolute atomic E-state index is 10.2. The molecule has 3 aromatic rings. The average Bonchev–Trinajstić information content (AvgIpc) is 3.37. The summed E-state index contributed by atoms with van der Waals surface area (Å²) >= 11 is 0. The van der Waals surface area contributed by atoms with Crippen molar-refractivity contribution in [2.24, 2.45) is 5.10 Å². The molecule has 1 aliphatic rings. The molecular weight excluding hydrogens is 342 g/mol. The first-order valence-corrected chi connectivity index (χ1v) is 7.91. The summed E-state index contributed by atoms with van der Waals surface area (Å²) < 4.78 is 7.00. The molecule has 1 unspecified atom stereocenters. The molecule has 11 heteroatoms. The fourth-order valence-corrected chi connectivity index (χ4v) is 2.82. The van der Waals surface area contributed by atoms with Crippen LogP contribution in [0.3, 0.4) is 0 Å². The number of aliphatic hydroxyl groups is 3. The van der Waals surface area contributed by atoms with Crippen LogP contribution < -0.4 is 5.43 Å². The van der Waals surface area contributed by atoms with E-state index >= 15 is 0 Å². The average molecular weight is 359 g/mol. The third-order valence-electron chi connectivity index (χ3n) is 4.15. The number of aromatic nitrogens is 5. The Bertz CT molecular complexity index is 910. The van der Waals surface area contributed by atoms with E-state index in [0.29, 0.717) is 17.0 Å². The topological polar surface area (TPSA) is 154 Å². The lowest BCUT2D eigenvalue weighted by atomic mass is 10.1. The van der Waals surface area contributed by atoms with Crippen LogP contribution >= 0.6 is 0 Å². The second-order valence-electron chi connectivity index (χ2n) is 5.77. The molecule has 0 radical (unpaired) electrons. The Hall–Kier alpha value is -2.86. The van der Waals surface area contributed by atoms with E-state index in [1.165, 1.54) is 17.2 Å². The number of nitrogens with zero attached hydrogens (tertiary/aromatic N) is 5. The fourth-order valence-electron chi connectivity index (χ4n) is 2.82. The number of ether oxygens (including phenoxy) is 1. The Morgan fingerprint density at radius 1 is 1.31 bits per heavy atom. The van der Waals surface area contributed by atoms with Crippen molar-refractivity contribution in [2.75, 3.05) is 12.0 Å². The molecule has 4 atom stereocenters. The van der Waals surface area contributed by atoms with Gasteiger partial charge in [0.1, 0.15) is 24.6 Å². The molecule has 3 aromatic heterocycles. The van der Waals surface area contributed by atoms with Crippen LogP contribution in [0.5, 0.6) is 0 Å². The SMILES string of the molecule is OC[C@H]1O[C@@H](n2cnc3c(N/N=C/c4ccc[nH]4)ncnc32)C(O)[C@H]1O. The largest absolute Gasteiger partial charge is 0.394 e. The third-order valence-corrected chi connectivity index (χ3v) is 4.15. The number of hydrogen-bond donors (Lipinski definition) is 5. The quantitative estimate of drug-likeness (QED) is 0.293. The molecule has 0 spiro atoms. The molecule has 136 valence electrons. The Kier molecular flexibility index (Phi) is 4.34. The minimum Gasteiger partial charge on any atom is -0.394 e. The van der Waals surface area contributed by atoms with Crippen LogP contribution in [0.1, 0.15) is 11.9 Å². The molecule has 26 heavy (non-hydrogen) atoms. The van der Waals surface area contributed by atoms with Crippen molar-refractivity contribution in [2.45, 2.75) is 24.5 Å². The summed E-state index contributed by atoms with van der Waals surface area (Å²) in [6.45, 7) is -0.406. The standard InChI is InChI=1S/C15H17N7O4/c23-5-9-11(24)12(25)15(26-9)22-7-19-10-13(17-6-18-14(10)22)21-20-4-8-2-1-3-16-8/h1-4,6-7,9,11-12,15-16,23-25H,5H2,(H,17,18,21)/b20-4+/t9-,11+,12?,15-/m1/s1. The molecule has 1 aliphatic heterocycles. The first-order chi connectivity index (χ1) is 12.7. The molecule has 0 aliphatic carbocycles. The van der Waals surface area contributed by atoms with Crippen LogP contribution in [0.2, 0.25) is 0 Å². The van der Waals surface area contributed by atoms with Gasteiger partial charge in [-0.05, 0) is 12.1 Å². The Labute approximate surface area is 147 Å². The first-order valence-electron chi connectivity index (χ1n) is 7.91. The van der Waals surface area contributed by atoms with E-state index in [-0.39, 0.29) is 0 Å². The molecule has 4 rings (SSSR count). The highest BCUT2D eigenvalue weighted by Crippen LogP contribution is 2.31. The normalized spacial score (nSPS) is 26.1. The van der Waals surface area contributed by atoms with Gasteiger partial charge in [0.15, 0.2) is 23.2 Å². The third kappa shape index (κ3) is 2.82. The van der Waals surface area contributed by atoms with Crippen molar-refractivity contribution in [3.8, 4) is 0 Å². The summed E-state index contributed by atoms with van der Waals surface area (Å²) in [5, 5.41) is 33.4. The van der Waals surface area contributed by atoms with Crippen molar-refractivity contribution >= 4 is 23.2 Å². The summed E-state index contributed by atoms with van der Waals surface area (Å²) in [6, 6.07) is 3.71. The van der Waals surface area contributed by atoms with Crippen molar-refractivity contribution in [3.63, 3.8) is 0 Å². The molecule has 0 amide bonds. The van der Waals surface area contributed by atoms with Crippen molar-refractivity contribution in [3.05, 3.63) is 36.7 Å². The highest BCUT2D eigenvalue weighted by Gasteiger charge is 2.44. The van der Waals surface area contributed by atoms with E-state index in [0.717, 1.165) is 5.69 Å². The van der Waals surface area contributed by atoms with Gasteiger partial charge < -0.3 is 25.0 Å². The van der Waals surface area contributed by atoms with Crippen molar-refractivity contribution < 1.29 is 20.1 Å². The molecular formula is C15H17N7O4. The number of hydrogen-bond acceptors (Lipinski definition) is 9. The van der Waals surface area contributed by atoms with Gasteiger partial charge in [-0.15, -0.1) is 0 Å². The number of aliphatic hydroxyl groups excluding tert-OH is 3. The van der Waals surface area contributed by atoms with E-state index in [1.54, 1.807) is 12.4 Å². The maximum atomic E-state index is 10.2. The fraction of sp³-hybridized carbons (Fsp3) is 0.333. The number of anilines is 1. The van der Waals surface area contributed by atoms with Crippen LogP contribution in [-0.4, -0.2) is 71.0 Å². The molecule has 11 nitrogen and oxygen atoms in total. The van der Waals surface area contributed by atoms with Crippen LogP contribution in [0.4, 0.5) is 5.82 Å². The molecule has 0 aromatic carbocycles. The maximum Gasteiger partial charge on any atom is 0.177 e. The number of aromatic amines is 1. The van der Waals surface area contributed by atoms with E-state index in [9.17, 15) is 15.3 Å². The number of H-pyrrole nitrogens is 1. The highest BCUT2D eigenvalue weighted by molar-refractivity contribution is 5.84. The lowest BCUT2D eigenvalue weighted by molar-refractivity contribution is -0.0511. The lowest BCUT2D eigenvalue weighted by Gasteiger charge is -2.16. The smallest absolute Gasteiger partial charge is 0.177 e. The summed E-state index contributed by atoms with van der Waals surface area (Å²) in [4.78, 5) is 15.5. The summed E-state index contributed by atoms with van der Waals surface area (Å²) in [5.74, 6) is 0.378. The Balaban J connectivity index is 1.61. The van der Waals surface area contributed by atoms with Crippen LogP contribution in [-0.2, 0) is 4.74 Å². The molecule has 0 saturated carbocycles. The van der Waals surface area contributed by atoms with Crippen molar-refractivity contribution in [1.29, 1.82) is 0 Å². The Morgan fingerprint density at radius 3 is 2.92 bits per heavy atom. The van der Waals surface area contributed by atoms with Gasteiger partial charge >= 0.3 is 0 Å². The summed E-state index contributed by atoms with van der Waals surface area (Å²) in [7, 11) is 0. The van der Waals surface area contributed by atoms with Gasteiger partial charge in [-0.3, -0.25) is 9.99 Å². The van der Waals surface area contributed by atoms with Crippen molar-refractivity contribution in [1.82, 2.24) is 24.5 Å². The zero-order valence-corrected chi connectivity index (χ0v) is 13.5. The number of nitrogens with one attached hydrogen (secondary N) is 2. The predicted octanol–water partition coefficient (Wildman–Crippen LogP) is -0.788. The van der Waals surface area contributed by atoms with E-state index in [2.05, 4.69) is 30.5 Å². The number of hydrazone groups is 1. The van der Waals surface area contributed by atoms with Crippen LogP contribution in [0.25, 0.3) is 11.2 Å². The molecule has 5 N–H and O–H groups in total. The Morgan fingerprint density at radius 2 is 2.19 bits per heavy atom.